The van der Waals surface area contributed by atoms with Gasteiger partial charge in [-0.05, 0) is 25.7 Å². The fourth-order valence-corrected chi connectivity index (χ4v) is 2.61. The first kappa shape index (κ1) is 21.8. The molecule has 4 heteroatoms. The van der Waals surface area contributed by atoms with Crippen molar-refractivity contribution in [3.8, 4) is 0 Å². The van der Waals surface area contributed by atoms with Crippen LogP contribution in [0.15, 0.2) is 0 Å². The smallest absolute Gasteiger partial charge is 0.0223 e. The molecule has 112 valence electrons. The Morgan fingerprint density at radius 1 is 0.444 bits per heavy atom. The van der Waals surface area contributed by atoms with Gasteiger partial charge in [0.25, 0.3) is 0 Å². The highest BCUT2D eigenvalue weighted by Crippen LogP contribution is 2.05. The van der Waals surface area contributed by atoms with E-state index < -0.39 is 0 Å². The first-order valence-electron chi connectivity index (χ1n) is 7.07. The molecule has 0 radical (unpaired) electrons. The van der Waals surface area contributed by atoms with Crippen LogP contribution in [0, 0.1) is 0 Å². The van der Waals surface area contributed by atoms with Crippen LogP contribution >= 0.6 is 55.1 Å². The highest BCUT2D eigenvalue weighted by molar-refractivity contribution is 9.09. The maximum absolute atomic E-state index is 5.49. The Morgan fingerprint density at radius 3 is 1.00 bits per heavy atom. The van der Waals surface area contributed by atoms with E-state index in [1.165, 1.54) is 62.0 Å². The van der Waals surface area contributed by atoms with Crippen molar-refractivity contribution in [2.75, 3.05) is 22.4 Å². The zero-order chi connectivity index (χ0) is 13.9. The van der Waals surface area contributed by atoms with Gasteiger partial charge in [0, 0.05) is 22.4 Å². The first-order chi connectivity index (χ1) is 8.83. The van der Waals surface area contributed by atoms with Gasteiger partial charge in [0.15, 0.2) is 0 Å². The molecular weight excluding hydrogens is 399 g/mol. The molecule has 0 bridgehead atoms. The fraction of sp³-hybridized carbons (Fsp3) is 1.00. The second-order valence-corrected chi connectivity index (χ2v) is 6.63. The van der Waals surface area contributed by atoms with Gasteiger partial charge in [-0.3, -0.25) is 0 Å². The average Bonchev–Trinajstić information content (AvgIpc) is 2.39. The number of hydrogen-bond donors (Lipinski definition) is 0. The minimum Gasteiger partial charge on any atom is -0.127 e. The lowest BCUT2D eigenvalue weighted by atomic mass is 10.2. The molecule has 0 saturated heterocycles. The Bertz CT molecular complexity index is 98.4. The minimum absolute atomic E-state index is 0.806. The van der Waals surface area contributed by atoms with Gasteiger partial charge in [0.05, 0.1) is 0 Å². The summed E-state index contributed by atoms with van der Waals surface area (Å²) in [6.07, 6.45) is 13.0. The molecule has 0 aromatic carbocycles. The van der Waals surface area contributed by atoms with Gasteiger partial charge in [-0.25, -0.2) is 0 Å². The second kappa shape index (κ2) is 23.6. The summed E-state index contributed by atoms with van der Waals surface area (Å²) in [5.41, 5.74) is 0. The van der Waals surface area contributed by atoms with Gasteiger partial charge in [-0.15, -0.1) is 23.2 Å². The van der Waals surface area contributed by atoms with Gasteiger partial charge >= 0.3 is 0 Å². The number of rotatable bonds is 12. The topological polar surface area (TPSA) is 0 Å². The molecule has 0 atom stereocenters. The van der Waals surface area contributed by atoms with Crippen molar-refractivity contribution in [1.29, 1.82) is 0 Å². The minimum atomic E-state index is 0.806. The van der Waals surface area contributed by atoms with E-state index in [0.29, 0.717) is 0 Å². The monoisotopic (exact) mass is 424 g/mol. The molecule has 0 aliphatic heterocycles. The molecule has 0 fully saturated rings. The normalized spacial score (nSPS) is 10.0. The number of hydrogen-bond acceptors (Lipinski definition) is 0. The summed E-state index contributed by atoms with van der Waals surface area (Å²) in [5, 5.41) is 2.34. The summed E-state index contributed by atoms with van der Waals surface area (Å²) in [7, 11) is 0. The van der Waals surface area contributed by atoms with E-state index in [1.54, 1.807) is 0 Å². The molecule has 0 unspecified atom stereocenters. The Morgan fingerprint density at radius 2 is 0.722 bits per heavy atom. The summed E-state index contributed by atoms with van der Waals surface area (Å²) in [4.78, 5) is 0. The van der Waals surface area contributed by atoms with E-state index in [-0.39, 0.29) is 0 Å². The number of alkyl halides is 4. The molecule has 0 nitrogen and oxygen atoms in total. The van der Waals surface area contributed by atoms with Crippen LogP contribution in [0.1, 0.15) is 64.2 Å². The van der Waals surface area contributed by atoms with Crippen molar-refractivity contribution in [1.82, 2.24) is 0 Å². The Hall–Kier alpha value is 1.54. The van der Waals surface area contributed by atoms with Gasteiger partial charge in [-0.1, -0.05) is 70.4 Å². The van der Waals surface area contributed by atoms with Crippen molar-refractivity contribution in [3.63, 3.8) is 0 Å². The Balaban J connectivity index is 0. The summed E-state index contributed by atoms with van der Waals surface area (Å²) in [5.74, 6) is 1.61. The lowest BCUT2D eigenvalue weighted by Gasteiger charge is -1.95. The van der Waals surface area contributed by atoms with Crippen LogP contribution < -0.4 is 0 Å². The van der Waals surface area contributed by atoms with Gasteiger partial charge in [0.2, 0.25) is 0 Å². The van der Waals surface area contributed by atoms with E-state index in [9.17, 15) is 0 Å². The summed E-state index contributed by atoms with van der Waals surface area (Å²) >= 11 is 17.8. The summed E-state index contributed by atoms with van der Waals surface area (Å²) in [6, 6.07) is 0. The van der Waals surface area contributed by atoms with Gasteiger partial charge in [0.1, 0.15) is 0 Å². The molecule has 0 amide bonds. The van der Waals surface area contributed by atoms with Crippen molar-refractivity contribution >= 4 is 55.1 Å². The number of halogens is 4. The molecule has 0 aliphatic rings. The molecule has 0 N–H and O–H groups in total. The second-order valence-electron chi connectivity index (χ2n) is 4.29. The lowest BCUT2D eigenvalue weighted by molar-refractivity contribution is 0.660. The largest absolute Gasteiger partial charge is 0.127 e. The predicted molar refractivity (Wildman–Crippen MR) is 95.2 cm³/mol. The van der Waals surface area contributed by atoms with Crippen LogP contribution in [0.3, 0.4) is 0 Å². The molecule has 0 heterocycles. The van der Waals surface area contributed by atoms with E-state index in [0.717, 1.165) is 24.6 Å². The van der Waals surface area contributed by atoms with Crippen LogP contribution in [0.4, 0.5) is 0 Å². The predicted octanol–water partition coefficient (Wildman–Crippen LogP) is 7.14. The van der Waals surface area contributed by atoms with Crippen LogP contribution in [-0.2, 0) is 0 Å². The van der Waals surface area contributed by atoms with E-state index in [4.69, 9.17) is 23.2 Å². The average molecular weight is 427 g/mol. The molecule has 0 spiro atoms. The maximum atomic E-state index is 5.49. The van der Waals surface area contributed by atoms with Crippen LogP contribution in [0.25, 0.3) is 0 Å². The van der Waals surface area contributed by atoms with E-state index >= 15 is 0 Å². The number of unbranched alkanes of at least 4 members (excludes halogenated alkanes) is 8. The highest BCUT2D eigenvalue weighted by Gasteiger charge is 1.87. The third kappa shape index (κ3) is 26.2. The summed E-state index contributed by atoms with van der Waals surface area (Å²) in [6.45, 7) is 0. The van der Waals surface area contributed by atoms with E-state index in [2.05, 4.69) is 31.9 Å². The van der Waals surface area contributed by atoms with Crippen molar-refractivity contribution in [2.45, 2.75) is 64.2 Å². The standard InChI is InChI=1S/C7H14Br2.C7H14Cl2/c2*8-6-4-2-1-3-5-7-9/h2*1-7H2. The van der Waals surface area contributed by atoms with Gasteiger partial charge in [-0.2, -0.15) is 0 Å². The molecule has 18 heavy (non-hydrogen) atoms. The molecule has 0 aliphatic carbocycles. The molecule has 0 aromatic rings. The summed E-state index contributed by atoms with van der Waals surface area (Å²) < 4.78 is 0. The van der Waals surface area contributed by atoms with Crippen molar-refractivity contribution < 1.29 is 0 Å². The van der Waals surface area contributed by atoms with Crippen LogP contribution in [0.2, 0.25) is 0 Å². The third-order valence-corrected chi connectivity index (χ3v) is 4.19. The zero-order valence-electron chi connectivity index (χ0n) is 11.4. The van der Waals surface area contributed by atoms with Crippen LogP contribution in [-0.4, -0.2) is 22.4 Å². The SMILES string of the molecule is BrCCCCCCCBr.ClCCCCCCCCl. The first-order valence-corrected chi connectivity index (χ1v) is 10.4. The Kier molecular flexibility index (Phi) is 28.6. The van der Waals surface area contributed by atoms with Gasteiger partial charge < -0.3 is 0 Å². The molecule has 0 rings (SSSR count). The van der Waals surface area contributed by atoms with Crippen molar-refractivity contribution in [3.05, 3.63) is 0 Å². The van der Waals surface area contributed by atoms with E-state index in [1.807, 2.05) is 0 Å². The fourth-order valence-electron chi connectivity index (χ4n) is 1.44. The lowest BCUT2D eigenvalue weighted by Crippen LogP contribution is -1.80. The molecular formula is C14H28Br2Cl2. The maximum Gasteiger partial charge on any atom is 0.0223 e. The van der Waals surface area contributed by atoms with Crippen molar-refractivity contribution in [2.24, 2.45) is 0 Å². The highest BCUT2D eigenvalue weighted by atomic mass is 79.9. The molecule has 0 aromatic heterocycles. The Labute approximate surface area is 141 Å². The zero-order valence-corrected chi connectivity index (χ0v) is 16.1. The quantitative estimate of drug-likeness (QED) is 0.230. The molecule has 0 saturated carbocycles. The third-order valence-electron chi connectivity index (χ3n) is 2.53. The van der Waals surface area contributed by atoms with Crippen LogP contribution in [0.5, 0.6) is 0 Å².